The van der Waals surface area contributed by atoms with Gasteiger partial charge in [0.1, 0.15) is 0 Å². The molecule has 1 heterocycles. The zero-order valence-electron chi connectivity index (χ0n) is 14.4. The van der Waals surface area contributed by atoms with Crippen molar-refractivity contribution < 1.29 is 45.2 Å². The second-order valence-electron chi connectivity index (χ2n) is 5.56. The Morgan fingerprint density at radius 2 is 1.11 bits per heavy atom. The Morgan fingerprint density at radius 3 is 1.46 bits per heavy atom. The SMILES string of the molecule is O=C1C=CCC(=O)N(CCS(O)(O)F)C(=O)CC=CC(=O)N1CCS(O)(O)F. The predicted molar refractivity (Wildman–Crippen MR) is 98.6 cm³/mol. The van der Waals surface area contributed by atoms with Crippen LogP contribution in [0.2, 0.25) is 0 Å². The van der Waals surface area contributed by atoms with E-state index in [2.05, 4.69) is 0 Å². The molecule has 0 bridgehead atoms. The zero-order chi connectivity index (χ0) is 21.5. The quantitative estimate of drug-likeness (QED) is 0.451. The van der Waals surface area contributed by atoms with Crippen molar-refractivity contribution in [2.24, 2.45) is 0 Å². The summed E-state index contributed by atoms with van der Waals surface area (Å²) in [5.74, 6) is -5.37. The van der Waals surface area contributed by atoms with Crippen molar-refractivity contribution in [3.05, 3.63) is 24.3 Å². The summed E-state index contributed by atoms with van der Waals surface area (Å²) in [7, 11) is -8.87. The van der Waals surface area contributed by atoms with Gasteiger partial charge in [-0.15, -0.1) is 0 Å². The predicted octanol–water partition coefficient (Wildman–Crippen LogP) is 1.87. The summed E-state index contributed by atoms with van der Waals surface area (Å²) in [6, 6.07) is 0. The van der Waals surface area contributed by atoms with Crippen LogP contribution in [0.4, 0.5) is 7.77 Å². The molecule has 1 aliphatic rings. The number of nitrogens with zero attached hydrogens (tertiary/aromatic N) is 2. The van der Waals surface area contributed by atoms with E-state index >= 15 is 0 Å². The van der Waals surface area contributed by atoms with Crippen LogP contribution < -0.4 is 0 Å². The molecule has 0 aromatic carbocycles. The maximum atomic E-state index is 12.9. The highest BCUT2D eigenvalue weighted by Crippen LogP contribution is 2.40. The van der Waals surface area contributed by atoms with Crippen LogP contribution in [0.1, 0.15) is 12.8 Å². The average molecular weight is 446 g/mol. The van der Waals surface area contributed by atoms with Crippen LogP contribution in [0.3, 0.4) is 0 Å². The Kier molecular flexibility index (Phi) is 8.72. The van der Waals surface area contributed by atoms with Gasteiger partial charge >= 0.3 is 0 Å². The van der Waals surface area contributed by atoms with Crippen molar-refractivity contribution in [3.63, 3.8) is 0 Å². The molecular formula is C14H20F2N2O8S2. The number of halogens is 2. The topological polar surface area (TPSA) is 156 Å². The molecule has 0 fully saturated rings. The smallest absolute Gasteiger partial charge is 0.253 e. The van der Waals surface area contributed by atoms with Crippen LogP contribution in [0.15, 0.2) is 24.3 Å². The number of amides is 4. The highest BCUT2D eigenvalue weighted by atomic mass is 32.3. The summed E-state index contributed by atoms with van der Waals surface area (Å²) in [6.07, 6.45) is 2.65. The minimum absolute atomic E-state index is 0.493. The third-order valence-electron chi connectivity index (χ3n) is 3.39. The van der Waals surface area contributed by atoms with E-state index in [0.29, 0.717) is 9.80 Å². The molecule has 0 unspecified atom stereocenters. The molecule has 10 nitrogen and oxygen atoms in total. The van der Waals surface area contributed by atoms with Crippen LogP contribution in [0.25, 0.3) is 0 Å². The van der Waals surface area contributed by atoms with Gasteiger partial charge in [-0.05, 0) is 22.0 Å². The molecule has 14 heteroatoms. The fraction of sp³-hybridized carbons (Fsp3) is 0.429. The van der Waals surface area contributed by atoms with Gasteiger partial charge in [0.2, 0.25) is 11.8 Å². The summed E-state index contributed by atoms with van der Waals surface area (Å²) in [5, 5.41) is 0. The van der Waals surface area contributed by atoms with E-state index in [0.717, 1.165) is 24.3 Å². The van der Waals surface area contributed by atoms with Crippen molar-refractivity contribution in [1.82, 2.24) is 9.80 Å². The lowest BCUT2D eigenvalue weighted by molar-refractivity contribution is -0.143. The summed E-state index contributed by atoms with van der Waals surface area (Å²) in [5.41, 5.74) is 0. The second kappa shape index (κ2) is 10.1. The van der Waals surface area contributed by atoms with E-state index in [-0.39, 0.29) is 0 Å². The van der Waals surface area contributed by atoms with Crippen molar-refractivity contribution in [3.8, 4) is 0 Å². The molecule has 0 saturated heterocycles. The average Bonchev–Trinajstić information content (AvgIpc) is 2.52. The highest BCUT2D eigenvalue weighted by molar-refractivity contribution is 8.20. The summed E-state index contributed by atoms with van der Waals surface area (Å²) in [6.45, 7) is -1.26. The first-order valence-corrected chi connectivity index (χ1v) is 11.0. The fourth-order valence-corrected chi connectivity index (χ4v) is 2.88. The minimum atomic E-state index is -4.44. The Bertz CT molecular complexity index is 648. The van der Waals surface area contributed by atoms with Gasteiger partial charge in [0, 0.05) is 38.1 Å². The van der Waals surface area contributed by atoms with Crippen LogP contribution in [-0.4, -0.2) is 76.2 Å². The number of imide groups is 2. The van der Waals surface area contributed by atoms with Crippen molar-refractivity contribution in [1.29, 1.82) is 0 Å². The molecule has 0 aromatic heterocycles. The molecule has 0 aliphatic carbocycles. The van der Waals surface area contributed by atoms with Crippen molar-refractivity contribution >= 4 is 45.6 Å². The Morgan fingerprint density at radius 1 is 0.750 bits per heavy atom. The molecule has 160 valence electrons. The molecule has 0 saturated carbocycles. The molecular weight excluding hydrogens is 426 g/mol. The molecule has 0 atom stereocenters. The molecule has 1 rings (SSSR count). The Labute approximate surface area is 162 Å². The number of hydrogen-bond acceptors (Lipinski definition) is 8. The van der Waals surface area contributed by atoms with Gasteiger partial charge < -0.3 is 0 Å². The lowest BCUT2D eigenvalue weighted by Crippen LogP contribution is -2.40. The van der Waals surface area contributed by atoms with Crippen molar-refractivity contribution in [2.75, 3.05) is 24.6 Å². The zero-order valence-corrected chi connectivity index (χ0v) is 16.1. The molecule has 4 amide bonds. The van der Waals surface area contributed by atoms with E-state index in [9.17, 15) is 26.9 Å². The number of carbonyl (C=O) groups is 4. The number of carbonyl (C=O) groups excluding carboxylic acids is 4. The van der Waals surface area contributed by atoms with E-state index in [4.69, 9.17) is 18.2 Å². The van der Waals surface area contributed by atoms with E-state index < -0.39 is 83.0 Å². The van der Waals surface area contributed by atoms with Gasteiger partial charge in [0.05, 0.1) is 11.5 Å². The van der Waals surface area contributed by atoms with E-state index in [1.807, 2.05) is 0 Å². The van der Waals surface area contributed by atoms with Gasteiger partial charge in [0.25, 0.3) is 11.8 Å². The third kappa shape index (κ3) is 8.90. The first kappa shape index (κ1) is 24.2. The van der Waals surface area contributed by atoms with E-state index in [1.165, 1.54) is 0 Å². The van der Waals surface area contributed by atoms with E-state index in [1.54, 1.807) is 0 Å². The summed E-state index contributed by atoms with van der Waals surface area (Å²) >= 11 is 0. The minimum Gasteiger partial charge on any atom is -0.280 e. The van der Waals surface area contributed by atoms with Gasteiger partial charge in [-0.25, -0.2) is 0 Å². The summed E-state index contributed by atoms with van der Waals surface area (Å²) in [4.78, 5) is 49.5. The molecule has 0 spiro atoms. The molecule has 1 aliphatic heterocycles. The molecule has 0 aromatic rings. The van der Waals surface area contributed by atoms with Crippen LogP contribution in [-0.2, 0) is 19.2 Å². The molecule has 28 heavy (non-hydrogen) atoms. The maximum Gasteiger partial charge on any atom is 0.253 e. The molecule has 0 radical (unpaired) electrons. The van der Waals surface area contributed by atoms with Crippen LogP contribution >= 0.6 is 22.0 Å². The maximum absolute atomic E-state index is 12.9. The monoisotopic (exact) mass is 446 g/mol. The first-order chi connectivity index (χ1) is 12.8. The number of rotatable bonds is 6. The third-order valence-corrected chi connectivity index (χ3v) is 4.79. The Balaban J connectivity index is 2.99. The van der Waals surface area contributed by atoms with Gasteiger partial charge in [-0.1, -0.05) is 19.9 Å². The van der Waals surface area contributed by atoms with Crippen LogP contribution in [0.5, 0.6) is 0 Å². The van der Waals surface area contributed by atoms with Gasteiger partial charge in [-0.2, -0.15) is 0 Å². The largest absolute Gasteiger partial charge is 0.280 e. The van der Waals surface area contributed by atoms with Gasteiger partial charge in [-0.3, -0.25) is 47.2 Å². The number of hydrogen-bond donors (Lipinski definition) is 4. The van der Waals surface area contributed by atoms with Gasteiger partial charge in [0.15, 0.2) is 0 Å². The highest BCUT2D eigenvalue weighted by Gasteiger charge is 2.25. The first-order valence-electron chi connectivity index (χ1n) is 7.73. The Hall–Kier alpha value is -1.84. The molecule has 4 N–H and O–H groups in total. The standard InChI is InChI=1S/C14H20F2N2O8S2/c15-27(23,24)9-7-17-11(19)3-1-4-12(20)18(8-10-28(16,25)26)14(22)6-2-5-13(17)21/h1-3,5,23-26H,4,6-10H2. The normalized spacial score (nSPS) is 18.9. The van der Waals surface area contributed by atoms with Crippen LogP contribution in [0, 0.1) is 0 Å². The fourth-order valence-electron chi connectivity index (χ4n) is 2.05. The lowest BCUT2D eigenvalue weighted by atomic mass is 10.2. The van der Waals surface area contributed by atoms with Crippen molar-refractivity contribution in [2.45, 2.75) is 12.8 Å². The lowest BCUT2D eigenvalue weighted by Gasteiger charge is -2.26. The summed E-state index contributed by atoms with van der Waals surface area (Å²) < 4.78 is 60.9. The second-order valence-corrected chi connectivity index (χ2v) is 8.73.